The van der Waals surface area contributed by atoms with Crippen molar-refractivity contribution in [2.24, 2.45) is 5.10 Å². The van der Waals surface area contributed by atoms with E-state index >= 15 is 0 Å². The summed E-state index contributed by atoms with van der Waals surface area (Å²) in [6, 6.07) is 18.3. The van der Waals surface area contributed by atoms with E-state index in [4.69, 9.17) is 9.47 Å². The van der Waals surface area contributed by atoms with E-state index in [9.17, 15) is 28.1 Å². The third-order valence-electron chi connectivity index (χ3n) is 5.94. The van der Waals surface area contributed by atoms with Crippen LogP contribution in [0.15, 0.2) is 95.0 Å². The molecule has 0 aliphatic carbocycles. The summed E-state index contributed by atoms with van der Waals surface area (Å²) in [6.07, 6.45) is -2.19. The maximum absolute atomic E-state index is 13.4. The van der Waals surface area contributed by atoms with Crippen LogP contribution in [0.25, 0.3) is 22.3 Å². The number of ether oxygens (including phenoxy) is 2. The molecule has 0 amide bonds. The van der Waals surface area contributed by atoms with E-state index in [0.29, 0.717) is 16.8 Å². The van der Waals surface area contributed by atoms with Crippen LogP contribution in [-0.2, 0) is 6.18 Å². The Balaban J connectivity index is 1.54. The molecule has 0 fully saturated rings. The van der Waals surface area contributed by atoms with Crippen LogP contribution in [0.5, 0.6) is 17.4 Å². The van der Waals surface area contributed by atoms with Crippen LogP contribution in [0.4, 0.5) is 18.9 Å². The van der Waals surface area contributed by atoms with Gasteiger partial charge in [-0.25, -0.2) is 9.97 Å². The first kappa shape index (κ1) is 28.0. The van der Waals surface area contributed by atoms with Crippen LogP contribution in [0.3, 0.4) is 0 Å². The summed E-state index contributed by atoms with van der Waals surface area (Å²) in [6.45, 7) is 2.04. The summed E-state index contributed by atoms with van der Waals surface area (Å²) < 4.78 is 52.7. The zero-order valence-electron chi connectivity index (χ0n) is 21.8. The van der Waals surface area contributed by atoms with Crippen molar-refractivity contribution < 1.29 is 27.6 Å². The quantitative estimate of drug-likeness (QED) is 0.118. The largest absolute Gasteiger partial charge is 0.490 e. The van der Waals surface area contributed by atoms with E-state index in [1.807, 2.05) is 0 Å². The summed E-state index contributed by atoms with van der Waals surface area (Å²) in [5.74, 6) is 0.589. The highest BCUT2D eigenvalue weighted by Crippen LogP contribution is 2.33. The van der Waals surface area contributed by atoms with Gasteiger partial charge in [-0.2, -0.15) is 22.9 Å². The van der Waals surface area contributed by atoms with Gasteiger partial charge in [0, 0.05) is 17.7 Å². The van der Waals surface area contributed by atoms with Gasteiger partial charge < -0.3 is 9.47 Å². The summed E-state index contributed by atoms with van der Waals surface area (Å²) in [5.41, 5.74) is -0.823. The predicted octanol–water partition coefficient (Wildman–Crippen LogP) is 6.46. The van der Waals surface area contributed by atoms with Crippen molar-refractivity contribution in [3.05, 3.63) is 117 Å². The molecule has 3 aromatic carbocycles. The predicted molar refractivity (Wildman–Crippen MR) is 148 cm³/mol. The lowest BCUT2D eigenvalue weighted by atomic mass is 10.1. The molecular formula is C29H20F3N5O5. The molecule has 0 aliphatic heterocycles. The molecule has 10 nitrogen and oxygen atoms in total. The average Bonchev–Trinajstić information content (AvgIpc) is 2.98. The fourth-order valence-electron chi connectivity index (χ4n) is 3.99. The van der Waals surface area contributed by atoms with Crippen molar-refractivity contribution in [1.82, 2.24) is 14.6 Å². The Morgan fingerprint density at radius 1 is 1.02 bits per heavy atom. The lowest BCUT2D eigenvalue weighted by Gasteiger charge is -2.13. The molecule has 42 heavy (non-hydrogen) atoms. The van der Waals surface area contributed by atoms with Crippen LogP contribution < -0.4 is 15.0 Å². The number of hydrogen-bond acceptors (Lipinski definition) is 8. The Kier molecular flexibility index (Phi) is 7.65. The van der Waals surface area contributed by atoms with Crippen molar-refractivity contribution in [3.63, 3.8) is 0 Å². The topological polar surface area (TPSA) is 122 Å². The fourth-order valence-corrected chi connectivity index (χ4v) is 3.99. The summed E-state index contributed by atoms with van der Waals surface area (Å²) in [5, 5.41) is 15.4. The summed E-state index contributed by atoms with van der Waals surface area (Å²) in [7, 11) is 0. The number of para-hydroxylation sites is 1. The molecule has 0 saturated carbocycles. The lowest BCUT2D eigenvalue weighted by Crippen LogP contribution is -2.20. The average molecular weight is 576 g/mol. The highest BCUT2D eigenvalue weighted by atomic mass is 19.4. The van der Waals surface area contributed by atoms with Gasteiger partial charge in [-0.1, -0.05) is 24.3 Å². The van der Waals surface area contributed by atoms with Crippen LogP contribution in [0, 0.1) is 10.1 Å². The molecule has 5 aromatic rings. The molecule has 0 bridgehead atoms. The van der Waals surface area contributed by atoms with E-state index in [-0.39, 0.29) is 40.7 Å². The minimum atomic E-state index is -4.59. The maximum atomic E-state index is 13.4. The van der Waals surface area contributed by atoms with Gasteiger partial charge >= 0.3 is 6.18 Å². The van der Waals surface area contributed by atoms with Gasteiger partial charge in [0.15, 0.2) is 17.3 Å². The van der Waals surface area contributed by atoms with E-state index in [1.54, 1.807) is 49.4 Å². The van der Waals surface area contributed by atoms with Gasteiger partial charge in [0.2, 0.25) is 5.88 Å². The molecule has 212 valence electrons. The zero-order valence-corrected chi connectivity index (χ0v) is 21.8. The van der Waals surface area contributed by atoms with Gasteiger partial charge in [0.1, 0.15) is 6.20 Å². The minimum absolute atomic E-state index is 0.0548. The second-order valence-electron chi connectivity index (χ2n) is 8.75. The zero-order chi connectivity index (χ0) is 29.9. The highest BCUT2D eigenvalue weighted by Gasteiger charge is 2.31. The smallest absolute Gasteiger partial charge is 0.416 e. The highest BCUT2D eigenvalue weighted by molar-refractivity contribution is 5.83. The molecule has 0 saturated heterocycles. The number of alkyl halides is 3. The molecule has 5 rings (SSSR count). The van der Waals surface area contributed by atoms with Crippen LogP contribution in [0.2, 0.25) is 0 Å². The van der Waals surface area contributed by atoms with Crippen LogP contribution in [-0.4, -0.2) is 32.4 Å². The Bertz CT molecular complexity index is 1870. The molecular weight excluding hydrogens is 555 g/mol. The SMILES string of the molecule is CCOc1cc(C=Nn2c(-c3cccc(C(F)(F)F)c3)nc3ccccc3c2=O)ccc1Oc1ccc([N+](=O)[O-])cn1. The second-order valence-corrected chi connectivity index (χ2v) is 8.75. The summed E-state index contributed by atoms with van der Waals surface area (Å²) >= 11 is 0. The Labute approximate surface area is 235 Å². The molecule has 0 N–H and O–H groups in total. The Morgan fingerprint density at radius 2 is 1.83 bits per heavy atom. The number of aromatic nitrogens is 3. The maximum Gasteiger partial charge on any atom is 0.416 e. The molecule has 0 spiro atoms. The molecule has 13 heteroatoms. The van der Waals surface area contributed by atoms with Crippen molar-refractivity contribution in [2.45, 2.75) is 13.1 Å². The first-order valence-corrected chi connectivity index (χ1v) is 12.4. The van der Waals surface area contributed by atoms with E-state index < -0.39 is 22.2 Å². The Morgan fingerprint density at radius 3 is 2.55 bits per heavy atom. The molecule has 2 heterocycles. The van der Waals surface area contributed by atoms with E-state index in [0.717, 1.165) is 23.0 Å². The van der Waals surface area contributed by atoms with Crippen molar-refractivity contribution >= 4 is 22.8 Å². The Hall–Kier alpha value is -5.59. The normalized spacial score (nSPS) is 11.6. The van der Waals surface area contributed by atoms with Gasteiger partial charge in [-0.15, -0.1) is 0 Å². The number of fused-ring (bicyclic) bond motifs is 1. The number of hydrogen-bond donors (Lipinski definition) is 0. The van der Waals surface area contributed by atoms with Gasteiger partial charge in [0.05, 0.1) is 34.2 Å². The third kappa shape index (κ3) is 5.94. The van der Waals surface area contributed by atoms with Gasteiger partial charge in [-0.05, 0) is 55.0 Å². The number of nitrogens with zero attached hydrogens (tertiary/aromatic N) is 5. The molecule has 0 unspecified atom stereocenters. The van der Waals surface area contributed by atoms with E-state index in [1.165, 1.54) is 30.5 Å². The van der Waals surface area contributed by atoms with Crippen molar-refractivity contribution in [3.8, 4) is 28.8 Å². The molecule has 0 atom stereocenters. The number of rotatable bonds is 8. The van der Waals surface area contributed by atoms with Crippen LogP contribution in [0.1, 0.15) is 18.1 Å². The van der Waals surface area contributed by atoms with E-state index in [2.05, 4.69) is 15.1 Å². The first-order valence-electron chi connectivity index (χ1n) is 12.4. The molecule has 2 aromatic heterocycles. The van der Waals surface area contributed by atoms with Crippen molar-refractivity contribution in [1.29, 1.82) is 0 Å². The van der Waals surface area contributed by atoms with Gasteiger partial charge in [-0.3, -0.25) is 14.9 Å². The third-order valence-corrected chi connectivity index (χ3v) is 5.94. The fraction of sp³-hybridized carbons (Fsp3) is 0.103. The number of nitro groups is 1. The van der Waals surface area contributed by atoms with Crippen LogP contribution >= 0.6 is 0 Å². The molecule has 0 radical (unpaired) electrons. The number of pyridine rings is 1. The number of benzene rings is 3. The second kappa shape index (κ2) is 11.5. The minimum Gasteiger partial charge on any atom is -0.490 e. The monoisotopic (exact) mass is 575 g/mol. The standard InChI is InChI=1S/C29H20F3N5O5/c1-2-41-25-14-18(10-12-24(25)42-26-13-11-21(17-33-26)37(39)40)16-34-36-27(19-6-5-7-20(15-19)29(30,31)32)35-23-9-4-3-8-22(23)28(36)38/h3-17H,2H2,1H3. The number of halogens is 3. The van der Waals surface area contributed by atoms with Gasteiger partial charge in [0.25, 0.3) is 11.2 Å². The van der Waals surface area contributed by atoms with Crippen molar-refractivity contribution in [2.75, 3.05) is 6.61 Å². The first-order chi connectivity index (χ1) is 20.1. The molecule has 0 aliphatic rings. The lowest BCUT2D eigenvalue weighted by molar-refractivity contribution is -0.385. The summed E-state index contributed by atoms with van der Waals surface area (Å²) in [4.78, 5) is 32.1.